The number of aliphatic hydroxyl groups excluding tert-OH is 1. The van der Waals surface area contributed by atoms with Gasteiger partial charge in [0.15, 0.2) is 0 Å². The van der Waals surface area contributed by atoms with Gasteiger partial charge >= 0.3 is 0 Å². The minimum Gasteiger partial charge on any atom is -0.394 e. The lowest BCUT2D eigenvalue weighted by molar-refractivity contribution is -0.0432. The van der Waals surface area contributed by atoms with Gasteiger partial charge in [-0.05, 0) is 45.1 Å². The van der Waals surface area contributed by atoms with E-state index in [1.165, 1.54) is 19.3 Å². The number of piperidine rings is 1. The van der Waals surface area contributed by atoms with Crippen LogP contribution in [0.2, 0.25) is 0 Å². The van der Waals surface area contributed by atoms with Crippen molar-refractivity contribution in [2.24, 2.45) is 5.92 Å². The number of hydrogen-bond donors (Lipinski definition) is 4. The third-order valence-corrected chi connectivity index (χ3v) is 7.65. The molecule has 5 fully saturated rings. The van der Waals surface area contributed by atoms with Crippen LogP contribution in [0.15, 0.2) is 0 Å². The van der Waals surface area contributed by atoms with Gasteiger partial charge in [-0.2, -0.15) is 5.48 Å². The lowest BCUT2D eigenvalue weighted by atomic mass is 9.94. The Hall–Kier alpha value is -0.360. The Kier molecular flexibility index (Phi) is 7.20. The van der Waals surface area contributed by atoms with Crippen LogP contribution in [0.1, 0.15) is 38.5 Å². The smallest absolute Gasteiger partial charge is 0.146 e. The summed E-state index contributed by atoms with van der Waals surface area (Å²) in [5.41, 5.74) is 3.30. The standard InChI is InChI=1S/C21H39N5O4/c27-14-17-5-4-16(29-17)13-26-7-1-2-18(26)21-23-20(24-30-21)15-3-6-19(22-12-15)25-8-10-28-11-9-25/h15-24,27H,1-14H2/t15?,16?,17?,18-,19?,20?,21?/m1/s1. The van der Waals surface area contributed by atoms with Gasteiger partial charge in [-0.1, -0.05) is 0 Å². The number of morpholine rings is 1. The molecule has 9 nitrogen and oxygen atoms in total. The van der Waals surface area contributed by atoms with Crippen molar-refractivity contribution in [1.82, 2.24) is 25.9 Å². The Bertz CT molecular complexity index is 543. The third-order valence-electron chi connectivity index (χ3n) is 7.65. The van der Waals surface area contributed by atoms with Gasteiger partial charge in [0.1, 0.15) is 6.23 Å². The quantitative estimate of drug-likeness (QED) is 0.446. The summed E-state index contributed by atoms with van der Waals surface area (Å²) >= 11 is 0. The summed E-state index contributed by atoms with van der Waals surface area (Å²) in [5.74, 6) is 0.533. The lowest BCUT2D eigenvalue weighted by Crippen LogP contribution is -2.57. The molecule has 5 aliphatic heterocycles. The van der Waals surface area contributed by atoms with Gasteiger partial charge in [-0.25, -0.2) is 0 Å². The van der Waals surface area contributed by atoms with Crippen LogP contribution in [0.25, 0.3) is 0 Å². The van der Waals surface area contributed by atoms with E-state index in [9.17, 15) is 5.11 Å². The van der Waals surface area contributed by atoms with Gasteiger partial charge in [-0.3, -0.25) is 20.0 Å². The second kappa shape index (κ2) is 10.1. The molecule has 5 heterocycles. The van der Waals surface area contributed by atoms with E-state index in [-0.39, 0.29) is 31.2 Å². The average molecular weight is 426 g/mol. The number of nitrogens with one attached hydrogen (secondary N) is 3. The van der Waals surface area contributed by atoms with E-state index >= 15 is 0 Å². The summed E-state index contributed by atoms with van der Waals surface area (Å²) in [5, 5.41) is 16.8. The highest BCUT2D eigenvalue weighted by Gasteiger charge is 2.42. The highest BCUT2D eigenvalue weighted by Crippen LogP contribution is 2.28. The molecule has 0 amide bonds. The van der Waals surface area contributed by atoms with Crippen molar-refractivity contribution in [3.63, 3.8) is 0 Å². The first-order valence-electron chi connectivity index (χ1n) is 12.0. The number of ether oxygens (including phenoxy) is 2. The molecular weight excluding hydrogens is 386 g/mol. The van der Waals surface area contributed by atoms with Crippen LogP contribution >= 0.6 is 0 Å². The van der Waals surface area contributed by atoms with Crippen LogP contribution in [0.3, 0.4) is 0 Å². The number of hydroxylamine groups is 1. The molecule has 172 valence electrons. The number of nitrogens with zero attached hydrogens (tertiary/aromatic N) is 2. The van der Waals surface area contributed by atoms with Gasteiger partial charge in [-0.15, -0.1) is 0 Å². The maximum Gasteiger partial charge on any atom is 0.146 e. The van der Waals surface area contributed by atoms with Gasteiger partial charge in [0, 0.05) is 32.1 Å². The Morgan fingerprint density at radius 3 is 2.60 bits per heavy atom. The molecule has 5 saturated heterocycles. The van der Waals surface area contributed by atoms with E-state index < -0.39 is 0 Å². The minimum absolute atomic E-state index is 0.0306. The summed E-state index contributed by atoms with van der Waals surface area (Å²) in [4.78, 5) is 11.1. The van der Waals surface area contributed by atoms with Crippen molar-refractivity contribution in [1.29, 1.82) is 0 Å². The predicted molar refractivity (Wildman–Crippen MR) is 111 cm³/mol. The summed E-state index contributed by atoms with van der Waals surface area (Å²) in [6, 6.07) is 0.386. The second-order valence-electron chi connectivity index (χ2n) is 9.55. The van der Waals surface area contributed by atoms with E-state index in [1.807, 2.05) is 0 Å². The molecule has 7 atom stereocenters. The summed E-state index contributed by atoms with van der Waals surface area (Å²) < 4.78 is 11.5. The Morgan fingerprint density at radius 1 is 0.967 bits per heavy atom. The molecule has 9 heteroatoms. The molecule has 0 radical (unpaired) electrons. The average Bonchev–Trinajstić information content (AvgIpc) is 3.55. The van der Waals surface area contributed by atoms with Crippen molar-refractivity contribution in [3.05, 3.63) is 0 Å². The molecule has 0 aromatic heterocycles. The molecular formula is C21H39N5O4. The molecule has 5 rings (SSSR count). The first kappa shape index (κ1) is 21.5. The molecule has 0 saturated carbocycles. The first-order chi connectivity index (χ1) is 14.8. The van der Waals surface area contributed by atoms with Crippen LogP contribution in [0.4, 0.5) is 0 Å². The Balaban J connectivity index is 1.08. The largest absolute Gasteiger partial charge is 0.394 e. The van der Waals surface area contributed by atoms with E-state index in [4.69, 9.17) is 14.3 Å². The Morgan fingerprint density at radius 2 is 1.83 bits per heavy atom. The van der Waals surface area contributed by atoms with Crippen LogP contribution < -0.4 is 16.1 Å². The number of rotatable bonds is 6. The molecule has 0 bridgehead atoms. The molecule has 0 aliphatic carbocycles. The second-order valence-corrected chi connectivity index (χ2v) is 9.55. The number of likely N-dealkylation sites (tertiary alicyclic amines) is 1. The fourth-order valence-electron chi connectivity index (χ4n) is 5.89. The monoisotopic (exact) mass is 425 g/mol. The topological polar surface area (TPSA) is 90.5 Å². The Labute approximate surface area is 179 Å². The zero-order valence-corrected chi connectivity index (χ0v) is 18.0. The molecule has 4 N–H and O–H groups in total. The van der Waals surface area contributed by atoms with Crippen molar-refractivity contribution in [2.75, 3.05) is 52.5 Å². The van der Waals surface area contributed by atoms with Gasteiger partial charge < -0.3 is 19.9 Å². The normalized spacial score (nSPS) is 44.1. The molecule has 30 heavy (non-hydrogen) atoms. The highest BCUT2D eigenvalue weighted by molar-refractivity contribution is 4.93. The number of aliphatic hydroxyl groups is 1. The molecule has 0 spiro atoms. The molecule has 5 aliphatic rings. The summed E-state index contributed by atoms with van der Waals surface area (Å²) in [7, 11) is 0. The third kappa shape index (κ3) is 4.84. The maximum absolute atomic E-state index is 9.32. The van der Waals surface area contributed by atoms with Gasteiger partial charge in [0.05, 0.1) is 50.4 Å². The maximum atomic E-state index is 9.32. The van der Waals surface area contributed by atoms with Crippen LogP contribution in [0.5, 0.6) is 0 Å². The predicted octanol–water partition coefficient (Wildman–Crippen LogP) is -0.575. The fraction of sp³-hybridized carbons (Fsp3) is 1.00. The SMILES string of the molecule is OCC1CCC(CN2CCC[C@@H]2C2NC(C3CCC(N4CCOCC4)NC3)NO2)O1. The van der Waals surface area contributed by atoms with E-state index in [0.29, 0.717) is 18.1 Å². The van der Waals surface area contributed by atoms with Gasteiger partial charge in [0.25, 0.3) is 0 Å². The number of hydrogen-bond acceptors (Lipinski definition) is 9. The zero-order chi connectivity index (χ0) is 20.3. The van der Waals surface area contributed by atoms with E-state index in [2.05, 4.69) is 25.9 Å². The van der Waals surface area contributed by atoms with Crippen molar-refractivity contribution >= 4 is 0 Å². The van der Waals surface area contributed by atoms with Crippen molar-refractivity contribution < 1.29 is 19.4 Å². The molecule has 6 unspecified atom stereocenters. The summed E-state index contributed by atoms with van der Waals surface area (Å²) in [6.07, 6.45) is 7.76. The van der Waals surface area contributed by atoms with Crippen LogP contribution in [0, 0.1) is 5.92 Å². The molecule has 0 aromatic carbocycles. The van der Waals surface area contributed by atoms with E-state index in [1.54, 1.807) is 0 Å². The van der Waals surface area contributed by atoms with Crippen molar-refractivity contribution in [3.8, 4) is 0 Å². The zero-order valence-electron chi connectivity index (χ0n) is 18.0. The minimum atomic E-state index is 0.0306. The van der Waals surface area contributed by atoms with E-state index in [0.717, 1.165) is 65.2 Å². The summed E-state index contributed by atoms with van der Waals surface area (Å²) in [6.45, 7) is 6.98. The van der Waals surface area contributed by atoms with Crippen LogP contribution in [-0.4, -0.2) is 104 Å². The van der Waals surface area contributed by atoms with Crippen LogP contribution in [-0.2, 0) is 14.3 Å². The highest BCUT2D eigenvalue weighted by atomic mass is 16.7. The first-order valence-corrected chi connectivity index (χ1v) is 12.0. The van der Waals surface area contributed by atoms with Crippen molar-refractivity contribution in [2.45, 2.75) is 75.3 Å². The molecule has 0 aromatic rings. The lowest BCUT2D eigenvalue weighted by Gasteiger charge is -2.40. The fourth-order valence-corrected chi connectivity index (χ4v) is 5.89. The van der Waals surface area contributed by atoms with Gasteiger partial charge in [0.2, 0.25) is 0 Å².